The van der Waals surface area contributed by atoms with Crippen LogP contribution in [-0.2, 0) is 9.59 Å². The van der Waals surface area contributed by atoms with Crippen molar-refractivity contribution >= 4 is 23.4 Å². The van der Waals surface area contributed by atoms with Gasteiger partial charge in [0.25, 0.3) is 11.8 Å². The normalized spacial score (nSPS) is 14.9. The SMILES string of the molecule is Cc1cccc(OC(C)C(=O)NNC(=O)c2ccc(NC(=O)C3CCCCC3)cc2)c1. The van der Waals surface area contributed by atoms with Gasteiger partial charge in [-0.2, -0.15) is 0 Å². The van der Waals surface area contributed by atoms with Gasteiger partial charge in [0.05, 0.1) is 0 Å². The van der Waals surface area contributed by atoms with Gasteiger partial charge in [-0.25, -0.2) is 0 Å². The van der Waals surface area contributed by atoms with Crippen molar-refractivity contribution in [3.8, 4) is 5.75 Å². The molecule has 0 aromatic heterocycles. The van der Waals surface area contributed by atoms with Crippen molar-refractivity contribution < 1.29 is 19.1 Å². The molecule has 2 aromatic rings. The van der Waals surface area contributed by atoms with Gasteiger partial charge >= 0.3 is 0 Å². The van der Waals surface area contributed by atoms with Crippen LogP contribution in [0.25, 0.3) is 0 Å². The maximum absolute atomic E-state index is 12.3. The zero-order valence-electron chi connectivity index (χ0n) is 17.9. The molecule has 2 aromatic carbocycles. The highest BCUT2D eigenvalue weighted by Gasteiger charge is 2.21. The second-order valence-electron chi connectivity index (χ2n) is 7.92. The Morgan fingerprint density at radius 3 is 2.35 bits per heavy atom. The Balaban J connectivity index is 1.46. The second-order valence-corrected chi connectivity index (χ2v) is 7.92. The summed E-state index contributed by atoms with van der Waals surface area (Å²) < 4.78 is 5.59. The third-order valence-electron chi connectivity index (χ3n) is 5.36. The van der Waals surface area contributed by atoms with E-state index < -0.39 is 17.9 Å². The summed E-state index contributed by atoms with van der Waals surface area (Å²) in [6.45, 7) is 3.54. The van der Waals surface area contributed by atoms with E-state index in [-0.39, 0.29) is 11.8 Å². The van der Waals surface area contributed by atoms with Gasteiger partial charge in [-0.15, -0.1) is 0 Å². The van der Waals surface area contributed by atoms with E-state index in [1.165, 1.54) is 6.42 Å². The average molecular weight is 424 g/mol. The molecule has 1 aliphatic rings. The molecule has 164 valence electrons. The van der Waals surface area contributed by atoms with Crippen LogP contribution in [0.1, 0.15) is 54.9 Å². The highest BCUT2D eigenvalue weighted by Crippen LogP contribution is 2.25. The first-order valence-electron chi connectivity index (χ1n) is 10.7. The predicted molar refractivity (Wildman–Crippen MR) is 119 cm³/mol. The van der Waals surface area contributed by atoms with Crippen LogP contribution in [0.4, 0.5) is 5.69 Å². The van der Waals surface area contributed by atoms with Gasteiger partial charge in [-0.3, -0.25) is 25.2 Å². The Kier molecular flexibility index (Phi) is 7.65. The Morgan fingerprint density at radius 1 is 0.968 bits per heavy atom. The lowest BCUT2D eigenvalue weighted by Crippen LogP contribution is -2.47. The number of nitrogens with one attached hydrogen (secondary N) is 3. The first-order chi connectivity index (χ1) is 14.9. The molecular formula is C24H29N3O4. The maximum atomic E-state index is 12.3. The minimum Gasteiger partial charge on any atom is -0.481 e. The molecule has 7 heteroatoms. The average Bonchev–Trinajstić information content (AvgIpc) is 2.78. The number of anilines is 1. The number of carbonyl (C=O) groups excluding carboxylic acids is 3. The zero-order valence-corrected chi connectivity index (χ0v) is 17.9. The molecule has 0 radical (unpaired) electrons. The molecule has 31 heavy (non-hydrogen) atoms. The molecule has 0 heterocycles. The molecule has 0 aliphatic heterocycles. The molecule has 1 unspecified atom stereocenters. The van der Waals surface area contributed by atoms with E-state index in [9.17, 15) is 14.4 Å². The number of rotatable bonds is 6. The minimum atomic E-state index is -0.778. The standard InChI is InChI=1S/C24H29N3O4/c1-16-7-6-10-21(15-16)31-17(2)22(28)26-27-24(30)19-11-13-20(14-12-19)25-23(29)18-8-4-3-5-9-18/h6-7,10-15,17-18H,3-5,8-9H2,1-2H3,(H,25,29)(H,26,28)(H,27,30). The van der Waals surface area contributed by atoms with E-state index in [1.54, 1.807) is 37.3 Å². The zero-order chi connectivity index (χ0) is 22.2. The Morgan fingerprint density at radius 2 is 1.68 bits per heavy atom. The summed E-state index contributed by atoms with van der Waals surface area (Å²) in [5, 5.41) is 2.91. The highest BCUT2D eigenvalue weighted by atomic mass is 16.5. The monoisotopic (exact) mass is 423 g/mol. The molecule has 0 spiro atoms. The van der Waals surface area contributed by atoms with E-state index in [0.717, 1.165) is 31.2 Å². The quantitative estimate of drug-likeness (QED) is 0.617. The Hall–Kier alpha value is -3.35. The van der Waals surface area contributed by atoms with Crippen molar-refractivity contribution in [2.24, 2.45) is 5.92 Å². The van der Waals surface area contributed by atoms with Crippen LogP contribution < -0.4 is 20.9 Å². The summed E-state index contributed by atoms with van der Waals surface area (Å²) >= 11 is 0. The van der Waals surface area contributed by atoms with Crippen molar-refractivity contribution in [1.82, 2.24) is 10.9 Å². The fraction of sp³-hybridized carbons (Fsp3) is 0.375. The smallest absolute Gasteiger partial charge is 0.279 e. The minimum absolute atomic E-state index is 0.0340. The van der Waals surface area contributed by atoms with Gasteiger partial charge in [0.15, 0.2) is 6.10 Å². The van der Waals surface area contributed by atoms with E-state index in [4.69, 9.17) is 4.74 Å². The highest BCUT2D eigenvalue weighted by molar-refractivity contribution is 5.97. The third-order valence-corrected chi connectivity index (χ3v) is 5.36. The molecule has 3 N–H and O–H groups in total. The van der Waals surface area contributed by atoms with Gasteiger partial charge in [0.2, 0.25) is 5.91 Å². The Labute approximate surface area is 182 Å². The Bertz CT molecular complexity index is 921. The topological polar surface area (TPSA) is 96.5 Å². The first-order valence-corrected chi connectivity index (χ1v) is 10.7. The van der Waals surface area contributed by atoms with Gasteiger partial charge in [0, 0.05) is 17.2 Å². The van der Waals surface area contributed by atoms with Crippen LogP contribution in [0.3, 0.4) is 0 Å². The van der Waals surface area contributed by atoms with Crippen molar-refractivity contribution in [2.45, 2.75) is 52.1 Å². The lowest BCUT2D eigenvalue weighted by Gasteiger charge is -2.20. The molecule has 1 aliphatic carbocycles. The van der Waals surface area contributed by atoms with E-state index in [0.29, 0.717) is 17.0 Å². The van der Waals surface area contributed by atoms with Gasteiger partial charge in [-0.1, -0.05) is 31.4 Å². The second kappa shape index (κ2) is 10.6. The summed E-state index contributed by atoms with van der Waals surface area (Å²) in [5.41, 5.74) is 6.79. The summed E-state index contributed by atoms with van der Waals surface area (Å²) in [7, 11) is 0. The molecule has 1 atom stereocenters. The van der Waals surface area contributed by atoms with Crippen LogP contribution in [0.5, 0.6) is 5.75 Å². The van der Waals surface area contributed by atoms with Crippen LogP contribution >= 0.6 is 0 Å². The number of benzene rings is 2. The van der Waals surface area contributed by atoms with Crippen molar-refractivity contribution in [2.75, 3.05) is 5.32 Å². The van der Waals surface area contributed by atoms with Crippen LogP contribution in [-0.4, -0.2) is 23.8 Å². The number of ether oxygens (including phenoxy) is 1. The van der Waals surface area contributed by atoms with E-state index in [1.807, 2.05) is 25.1 Å². The fourth-order valence-electron chi connectivity index (χ4n) is 3.55. The number of hydrazine groups is 1. The van der Waals surface area contributed by atoms with Crippen molar-refractivity contribution in [3.63, 3.8) is 0 Å². The van der Waals surface area contributed by atoms with Crippen LogP contribution in [0.2, 0.25) is 0 Å². The van der Waals surface area contributed by atoms with E-state index in [2.05, 4.69) is 16.2 Å². The molecule has 7 nitrogen and oxygen atoms in total. The van der Waals surface area contributed by atoms with Gasteiger partial charge in [-0.05, 0) is 68.7 Å². The molecular weight excluding hydrogens is 394 g/mol. The molecule has 0 bridgehead atoms. The van der Waals surface area contributed by atoms with Crippen LogP contribution in [0.15, 0.2) is 48.5 Å². The van der Waals surface area contributed by atoms with Gasteiger partial charge < -0.3 is 10.1 Å². The largest absolute Gasteiger partial charge is 0.481 e. The lowest BCUT2D eigenvalue weighted by molar-refractivity contribution is -0.128. The summed E-state index contributed by atoms with van der Waals surface area (Å²) in [4.78, 5) is 36.8. The van der Waals surface area contributed by atoms with Gasteiger partial charge in [0.1, 0.15) is 5.75 Å². The number of aryl methyl sites for hydroxylation is 1. The third kappa shape index (κ3) is 6.57. The fourth-order valence-corrected chi connectivity index (χ4v) is 3.55. The number of hydrogen-bond acceptors (Lipinski definition) is 4. The molecule has 3 rings (SSSR count). The van der Waals surface area contributed by atoms with Crippen LogP contribution in [0, 0.1) is 12.8 Å². The molecule has 1 fully saturated rings. The number of carbonyl (C=O) groups is 3. The summed E-state index contributed by atoms with van der Waals surface area (Å²) in [6.07, 6.45) is 4.46. The maximum Gasteiger partial charge on any atom is 0.279 e. The van der Waals surface area contributed by atoms with Crippen molar-refractivity contribution in [1.29, 1.82) is 0 Å². The number of hydrogen-bond donors (Lipinski definition) is 3. The lowest BCUT2D eigenvalue weighted by atomic mass is 9.88. The number of amides is 3. The van der Waals surface area contributed by atoms with E-state index >= 15 is 0 Å². The molecule has 3 amide bonds. The predicted octanol–water partition coefficient (Wildman–Crippen LogP) is 3.74. The molecule has 0 saturated heterocycles. The molecule has 1 saturated carbocycles. The summed E-state index contributed by atoms with van der Waals surface area (Å²) in [5.74, 6) is -0.241. The van der Waals surface area contributed by atoms with Crippen molar-refractivity contribution in [3.05, 3.63) is 59.7 Å². The summed E-state index contributed by atoms with van der Waals surface area (Å²) in [6, 6.07) is 13.9. The first kappa shape index (κ1) is 22.3.